The number of nitrogens with one attached hydrogen (secondary N) is 1. The standard InChI is InChI=1S/C18H17N3OS/c1-13-12-23-18(20-13)21-19-10-15-3-2-4-17(9-15)16-7-5-14(11-22)6-8-16/h2-10,12,22H,11H2,1H3,(H,20,21). The predicted molar refractivity (Wildman–Crippen MR) is 95.9 cm³/mol. The van der Waals surface area contributed by atoms with E-state index < -0.39 is 0 Å². The summed E-state index contributed by atoms with van der Waals surface area (Å²) in [6.07, 6.45) is 1.78. The summed E-state index contributed by atoms with van der Waals surface area (Å²) in [6, 6.07) is 16.0. The maximum Gasteiger partial charge on any atom is 0.203 e. The molecule has 0 spiro atoms. The van der Waals surface area contributed by atoms with E-state index in [9.17, 15) is 0 Å². The molecule has 2 N–H and O–H groups in total. The molecule has 0 aliphatic rings. The lowest BCUT2D eigenvalue weighted by molar-refractivity contribution is 0.282. The minimum absolute atomic E-state index is 0.0644. The average molecular weight is 323 g/mol. The summed E-state index contributed by atoms with van der Waals surface area (Å²) in [6.45, 7) is 2.02. The van der Waals surface area contributed by atoms with Gasteiger partial charge in [-0.1, -0.05) is 42.5 Å². The summed E-state index contributed by atoms with van der Waals surface area (Å²) in [4.78, 5) is 4.30. The van der Waals surface area contributed by atoms with Crippen molar-refractivity contribution in [1.82, 2.24) is 4.98 Å². The molecule has 0 fully saturated rings. The second-order valence-electron chi connectivity index (χ2n) is 5.14. The van der Waals surface area contributed by atoms with E-state index in [0.717, 1.165) is 33.1 Å². The number of hydrogen-bond acceptors (Lipinski definition) is 5. The topological polar surface area (TPSA) is 57.5 Å². The molecule has 3 aromatic rings. The Morgan fingerprint density at radius 3 is 2.70 bits per heavy atom. The van der Waals surface area contributed by atoms with Crippen molar-refractivity contribution in [3.8, 4) is 11.1 Å². The second kappa shape index (κ2) is 7.17. The van der Waals surface area contributed by atoms with Crippen molar-refractivity contribution in [2.24, 2.45) is 5.10 Å². The summed E-state index contributed by atoms with van der Waals surface area (Å²) in [5.74, 6) is 0. The maximum absolute atomic E-state index is 9.11. The van der Waals surface area contributed by atoms with Crippen LogP contribution in [0.5, 0.6) is 0 Å². The van der Waals surface area contributed by atoms with Gasteiger partial charge in [-0.05, 0) is 35.2 Å². The molecule has 0 aliphatic heterocycles. The Kier molecular flexibility index (Phi) is 4.80. The Hall–Kier alpha value is -2.50. The number of aromatic nitrogens is 1. The Balaban J connectivity index is 1.73. The van der Waals surface area contributed by atoms with Crippen LogP contribution in [-0.4, -0.2) is 16.3 Å². The van der Waals surface area contributed by atoms with Crippen molar-refractivity contribution in [3.63, 3.8) is 0 Å². The predicted octanol–water partition coefficient (Wildman–Crippen LogP) is 4.06. The fraction of sp³-hybridized carbons (Fsp3) is 0.111. The van der Waals surface area contributed by atoms with Crippen LogP contribution >= 0.6 is 11.3 Å². The zero-order valence-corrected chi connectivity index (χ0v) is 13.5. The van der Waals surface area contributed by atoms with Crippen LogP contribution in [0.1, 0.15) is 16.8 Å². The highest BCUT2D eigenvalue weighted by Crippen LogP contribution is 2.21. The third-order valence-electron chi connectivity index (χ3n) is 3.35. The molecule has 23 heavy (non-hydrogen) atoms. The van der Waals surface area contributed by atoms with Gasteiger partial charge in [-0.25, -0.2) is 4.98 Å². The lowest BCUT2D eigenvalue weighted by Gasteiger charge is -2.04. The van der Waals surface area contributed by atoms with E-state index in [1.165, 1.54) is 11.3 Å². The highest BCUT2D eigenvalue weighted by Gasteiger charge is 1.99. The number of hydrazone groups is 1. The van der Waals surface area contributed by atoms with Gasteiger partial charge in [0.1, 0.15) is 0 Å². The fourth-order valence-corrected chi connectivity index (χ4v) is 2.81. The monoisotopic (exact) mass is 323 g/mol. The Morgan fingerprint density at radius 2 is 2.00 bits per heavy atom. The molecule has 3 rings (SSSR count). The molecular formula is C18H17N3OS. The molecule has 0 atom stereocenters. The number of thiazole rings is 1. The minimum atomic E-state index is 0.0644. The maximum atomic E-state index is 9.11. The van der Waals surface area contributed by atoms with Gasteiger partial charge in [-0.15, -0.1) is 11.3 Å². The molecule has 2 aromatic carbocycles. The van der Waals surface area contributed by atoms with Gasteiger partial charge in [-0.3, -0.25) is 5.43 Å². The van der Waals surface area contributed by atoms with Crippen LogP contribution in [-0.2, 0) is 6.61 Å². The zero-order valence-electron chi connectivity index (χ0n) is 12.7. The van der Waals surface area contributed by atoms with Gasteiger partial charge in [0.2, 0.25) is 5.13 Å². The van der Waals surface area contributed by atoms with Crippen molar-refractivity contribution in [3.05, 3.63) is 70.7 Å². The number of rotatable bonds is 5. The normalized spacial score (nSPS) is 11.0. The Bertz CT molecular complexity index is 809. The number of aliphatic hydroxyl groups is 1. The smallest absolute Gasteiger partial charge is 0.203 e. The number of nitrogens with zero attached hydrogens (tertiary/aromatic N) is 2. The average Bonchev–Trinajstić information content (AvgIpc) is 3.00. The van der Waals surface area contributed by atoms with Crippen LogP contribution in [0, 0.1) is 6.92 Å². The first-order chi connectivity index (χ1) is 11.2. The summed E-state index contributed by atoms with van der Waals surface area (Å²) in [5.41, 5.74) is 8.07. The largest absolute Gasteiger partial charge is 0.392 e. The Morgan fingerprint density at radius 1 is 1.17 bits per heavy atom. The summed E-state index contributed by atoms with van der Waals surface area (Å²) < 4.78 is 0. The molecule has 0 saturated carbocycles. The molecule has 1 heterocycles. The molecule has 0 saturated heterocycles. The summed E-state index contributed by atoms with van der Waals surface area (Å²) in [5, 5.41) is 16.1. The number of aliphatic hydroxyl groups excluding tert-OH is 1. The lowest BCUT2D eigenvalue weighted by atomic mass is 10.0. The van der Waals surface area contributed by atoms with Crippen molar-refractivity contribution in [2.75, 3.05) is 5.43 Å². The van der Waals surface area contributed by atoms with Crippen LogP contribution < -0.4 is 5.43 Å². The van der Waals surface area contributed by atoms with Crippen LogP contribution in [0.3, 0.4) is 0 Å². The molecule has 5 heteroatoms. The second-order valence-corrected chi connectivity index (χ2v) is 6.00. The lowest BCUT2D eigenvalue weighted by Crippen LogP contribution is -1.90. The number of benzene rings is 2. The van der Waals surface area contributed by atoms with Crippen molar-refractivity contribution >= 4 is 22.7 Å². The van der Waals surface area contributed by atoms with E-state index in [4.69, 9.17) is 5.11 Å². The highest BCUT2D eigenvalue weighted by molar-refractivity contribution is 7.13. The van der Waals surface area contributed by atoms with Gasteiger partial charge in [-0.2, -0.15) is 5.10 Å². The van der Waals surface area contributed by atoms with E-state index in [1.807, 2.05) is 48.7 Å². The SMILES string of the molecule is Cc1csc(NN=Cc2cccc(-c3ccc(CO)cc3)c2)n1. The fourth-order valence-electron chi connectivity index (χ4n) is 2.17. The molecule has 0 unspecified atom stereocenters. The van der Waals surface area contributed by atoms with E-state index in [0.29, 0.717) is 0 Å². The molecule has 0 radical (unpaired) electrons. The third kappa shape index (κ3) is 4.03. The number of anilines is 1. The van der Waals surface area contributed by atoms with Crippen molar-refractivity contribution in [2.45, 2.75) is 13.5 Å². The molecule has 1 aromatic heterocycles. The summed E-state index contributed by atoms with van der Waals surface area (Å²) >= 11 is 1.53. The quantitative estimate of drug-likeness (QED) is 0.550. The van der Waals surface area contributed by atoms with Gasteiger partial charge < -0.3 is 5.11 Å². The van der Waals surface area contributed by atoms with Gasteiger partial charge in [0.25, 0.3) is 0 Å². The number of hydrogen-bond donors (Lipinski definition) is 2. The first-order valence-corrected chi connectivity index (χ1v) is 8.14. The molecular weight excluding hydrogens is 306 g/mol. The van der Waals surface area contributed by atoms with E-state index >= 15 is 0 Å². The first kappa shape index (κ1) is 15.4. The van der Waals surface area contributed by atoms with Crippen LogP contribution in [0.25, 0.3) is 11.1 Å². The van der Waals surface area contributed by atoms with Gasteiger partial charge in [0, 0.05) is 5.38 Å². The van der Waals surface area contributed by atoms with E-state index in [1.54, 1.807) is 6.21 Å². The first-order valence-electron chi connectivity index (χ1n) is 7.26. The zero-order chi connectivity index (χ0) is 16.1. The van der Waals surface area contributed by atoms with E-state index in [-0.39, 0.29) is 6.61 Å². The van der Waals surface area contributed by atoms with Crippen LogP contribution in [0.2, 0.25) is 0 Å². The number of aryl methyl sites for hydroxylation is 1. The minimum Gasteiger partial charge on any atom is -0.392 e. The van der Waals surface area contributed by atoms with Crippen LogP contribution in [0.15, 0.2) is 59.0 Å². The van der Waals surface area contributed by atoms with Gasteiger partial charge >= 0.3 is 0 Å². The van der Waals surface area contributed by atoms with Gasteiger partial charge in [0.05, 0.1) is 18.5 Å². The molecule has 0 amide bonds. The van der Waals surface area contributed by atoms with Gasteiger partial charge in [0.15, 0.2) is 0 Å². The molecule has 0 aliphatic carbocycles. The molecule has 4 nitrogen and oxygen atoms in total. The van der Waals surface area contributed by atoms with Crippen molar-refractivity contribution < 1.29 is 5.11 Å². The molecule has 0 bridgehead atoms. The third-order valence-corrected chi connectivity index (χ3v) is 4.21. The van der Waals surface area contributed by atoms with E-state index in [2.05, 4.69) is 27.6 Å². The van der Waals surface area contributed by atoms with Crippen LogP contribution in [0.4, 0.5) is 5.13 Å². The highest BCUT2D eigenvalue weighted by atomic mass is 32.1. The Labute approximate surface area is 139 Å². The van der Waals surface area contributed by atoms with Crippen molar-refractivity contribution in [1.29, 1.82) is 0 Å². The molecule has 116 valence electrons. The summed E-state index contributed by atoms with van der Waals surface area (Å²) in [7, 11) is 0.